The first kappa shape index (κ1) is 11.0. The predicted octanol–water partition coefficient (Wildman–Crippen LogP) is 1.43. The van der Waals surface area contributed by atoms with E-state index in [2.05, 4.69) is 9.88 Å². The summed E-state index contributed by atoms with van der Waals surface area (Å²) in [6, 6.07) is 0.351. The molecule has 1 aromatic rings. The van der Waals surface area contributed by atoms with Crippen molar-refractivity contribution >= 4 is 22.4 Å². The number of nitrogen functional groups attached to an aromatic ring is 1. The van der Waals surface area contributed by atoms with Gasteiger partial charge in [0, 0.05) is 29.9 Å². The molecule has 2 atom stereocenters. The third-order valence-corrected chi connectivity index (χ3v) is 4.69. The van der Waals surface area contributed by atoms with Crippen molar-refractivity contribution in [2.45, 2.75) is 31.2 Å². The fraction of sp³-hybridized carbons (Fsp3) is 0.636. The molecule has 3 aliphatic rings. The van der Waals surface area contributed by atoms with Crippen LogP contribution in [0.2, 0.25) is 0 Å². The Hall–Kier alpha value is -1.14. The van der Waals surface area contributed by atoms with Crippen LogP contribution in [0.4, 0.5) is 5.13 Å². The smallest absolute Gasteiger partial charge is 0.304 e. The number of aromatic nitrogens is 1. The monoisotopic (exact) mass is 253 g/mol. The molecule has 1 fully saturated rings. The Kier molecular flexibility index (Phi) is 2.56. The van der Waals surface area contributed by atoms with Crippen molar-refractivity contribution in [3.8, 4) is 0 Å². The lowest BCUT2D eigenvalue weighted by molar-refractivity contribution is -0.137. The topological polar surface area (TPSA) is 79.5 Å². The number of thiazole rings is 1. The zero-order valence-electron chi connectivity index (χ0n) is 9.43. The van der Waals surface area contributed by atoms with E-state index in [1.165, 1.54) is 10.6 Å². The maximum Gasteiger partial charge on any atom is 0.304 e. The van der Waals surface area contributed by atoms with E-state index in [0.717, 1.165) is 19.4 Å². The van der Waals surface area contributed by atoms with Gasteiger partial charge < -0.3 is 10.8 Å². The van der Waals surface area contributed by atoms with Crippen molar-refractivity contribution < 1.29 is 9.90 Å². The lowest BCUT2D eigenvalue weighted by atomic mass is 9.82. The Bertz CT molecular complexity index is 460. The van der Waals surface area contributed by atoms with Crippen molar-refractivity contribution in [2.24, 2.45) is 0 Å². The van der Waals surface area contributed by atoms with Gasteiger partial charge in [-0.1, -0.05) is 0 Å². The van der Waals surface area contributed by atoms with Gasteiger partial charge in [0.15, 0.2) is 5.13 Å². The standard InChI is InChI=1S/C11H15N3O2S/c12-11-13-9-6-1-2-7(10(9)17-11)14(5-6)4-3-8(15)16/h6-7H,1-5H2,(H2,12,13)(H,15,16). The Balaban J connectivity index is 1.83. The highest BCUT2D eigenvalue weighted by Gasteiger charge is 2.40. The van der Waals surface area contributed by atoms with E-state index in [1.807, 2.05) is 0 Å². The van der Waals surface area contributed by atoms with E-state index >= 15 is 0 Å². The van der Waals surface area contributed by atoms with Gasteiger partial charge in [0.25, 0.3) is 0 Å². The molecular formula is C11H15N3O2S. The summed E-state index contributed by atoms with van der Waals surface area (Å²) in [5, 5.41) is 9.40. The van der Waals surface area contributed by atoms with Crippen LogP contribution in [0.1, 0.15) is 41.8 Å². The van der Waals surface area contributed by atoms with Gasteiger partial charge in [-0.15, -0.1) is 11.3 Å². The minimum Gasteiger partial charge on any atom is -0.481 e. The Morgan fingerprint density at radius 3 is 3.18 bits per heavy atom. The van der Waals surface area contributed by atoms with Crippen LogP contribution in [0.15, 0.2) is 0 Å². The van der Waals surface area contributed by atoms with Crippen LogP contribution in [0.3, 0.4) is 0 Å². The molecule has 2 unspecified atom stereocenters. The number of rotatable bonds is 3. The molecule has 0 saturated carbocycles. The van der Waals surface area contributed by atoms with Crippen molar-refractivity contribution in [3.05, 3.63) is 10.6 Å². The van der Waals surface area contributed by atoms with Crippen molar-refractivity contribution in [2.75, 3.05) is 18.8 Å². The van der Waals surface area contributed by atoms with Gasteiger partial charge in [0.1, 0.15) is 0 Å². The largest absolute Gasteiger partial charge is 0.481 e. The molecule has 6 heteroatoms. The summed E-state index contributed by atoms with van der Waals surface area (Å²) in [6.07, 6.45) is 2.48. The second-order valence-electron chi connectivity index (χ2n) is 4.73. The molecule has 0 spiro atoms. The number of nitrogens with two attached hydrogens (primary N) is 1. The zero-order chi connectivity index (χ0) is 12.0. The molecule has 0 amide bonds. The maximum absolute atomic E-state index is 10.6. The number of nitrogens with zero attached hydrogens (tertiary/aromatic N) is 2. The second-order valence-corrected chi connectivity index (χ2v) is 5.79. The predicted molar refractivity (Wildman–Crippen MR) is 65.1 cm³/mol. The molecule has 2 bridgehead atoms. The van der Waals surface area contributed by atoms with Crippen LogP contribution in [0.5, 0.6) is 0 Å². The summed E-state index contributed by atoms with van der Waals surface area (Å²) in [7, 11) is 0. The van der Waals surface area contributed by atoms with Crippen LogP contribution in [0.25, 0.3) is 0 Å². The SMILES string of the molecule is Nc1nc2c(s1)C1CCC2CN1CCC(=O)O. The quantitative estimate of drug-likeness (QED) is 0.852. The first-order valence-electron chi connectivity index (χ1n) is 5.87. The number of fused-ring (bicyclic) bond motifs is 2. The number of carboxylic acids is 1. The number of aliphatic carboxylic acids is 1. The fourth-order valence-corrected chi connectivity index (χ4v) is 4.03. The lowest BCUT2D eigenvalue weighted by Gasteiger charge is -2.44. The summed E-state index contributed by atoms with van der Waals surface area (Å²) in [5.74, 6) is -0.271. The molecule has 17 heavy (non-hydrogen) atoms. The number of carbonyl (C=O) groups is 1. The van der Waals surface area contributed by atoms with Crippen LogP contribution >= 0.6 is 11.3 Å². The van der Waals surface area contributed by atoms with Gasteiger partial charge in [0.05, 0.1) is 12.1 Å². The average molecular weight is 253 g/mol. The molecule has 0 radical (unpaired) electrons. The van der Waals surface area contributed by atoms with Crippen LogP contribution in [-0.4, -0.2) is 34.0 Å². The molecule has 1 aliphatic carbocycles. The van der Waals surface area contributed by atoms with Gasteiger partial charge in [0.2, 0.25) is 0 Å². The van der Waals surface area contributed by atoms with Gasteiger partial charge >= 0.3 is 5.97 Å². The van der Waals surface area contributed by atoms with E-state index in [4.69, 9.17) is 10.8 Å². The molecule has 0 aromatic carbocycles. The van der Waals surface area contributed by atoms with Crippen LogP contribution in [0, 0.1) is 0 Å². The molecule has 3 heterocycles. The number of hydrogen-bond acceptors (Lipinski definition) is 5. The third-order valence-electron chi connectivity index (χ3n) is 3.68. The lowest BCUT2D eigenvalue weighted by Crippen LogP contribution is -2.42. The molecule has 1 aromatic heterocycles. The minimum atomic E-state index is -0.726. The summed E-state index contributed by atoms with van der Waals surface area (Å²) in [6.45, 7) is 1.57. The number of carboxylic acid groups (broad SMARTS) is 1. The molecule has 2 aliphatic heterocycles. The first-order valence-corrected chi connectivity index (χ1v) is 6.68. The molecule has 92 valence electrons. The van der Waals surface area contributed by atoms with Gasteiger partial charge in [-0.05, 0) is 12.8 Å². The van der Waals surface area contributed by atoms with Crippen molar-refractivity contribution in [1.29, 1.82) is 0 Å². The highest BCUT2D eigenvalue weighted by atomic mass is 32.1. The number of anilines is 1. The third kappa shape index (κ3) is 1.81. The summed E-state index contributed by atoms with van der Waals surface area (Å²) in [5.41, 5.74) is 6.95. The van der Waals surface area contributed by atoms with E-state index < -0.39 is 5.97 Å². The second kappa shape index (κ2) is 3.96. The van der Waals surface area contributed by atoms with Crippen LogP contribution < -0.4 is 5.73 Å². The Labute approximate surface area is 103 Å². The summed E-state index contributed by atoms with van der Waals surface area (Å²) >= 11 is 1.57. The van der Waals surface area contributed by atoms with Gasteiger partial charge in [-0.3, -0.25) is 9.69 Å². The normalized spacial score (nSPS) is 27.1. The average Bonchev–Trinajstić information content (AvgIpc) is 2.70. The number of hydrogen-bond donors (Lipinski definition) is 2. The summed E-state index contributed by atoms with van der Waals surface area (Å²) in [4.78, 5) is 18.6. The Morgan fingerprint density at radius 2 is 2.41 bits per heavy atom. The van der Waals surface area contributed by atoms with E-state index in [9.17, 15) is 4.79 Å². The minimum absolute atomic E-state index is 0.215. The fourth-order valence-electron chi connectivity index (χ4n) is 2.94. The highest BCUT2D eigenvalue weighted by molar-refractivity contribution is 7.15. The van der Waals surface area contributed by atoms with Crippen LogP contribution in [-0.2, 0) is 4.79 Å². The number of piperidine rings is 1. The Morgan fingerprint density at radius 1 is 1.59 bits per heavy atom. The first-order chi connectivity index (χ1) is 8.15. The molecule has 5 nitrogen and oxygen atoms in total. The van der Waals surface area contributed by atoms with Crippen molar-refractivity contribution in [1.82, 2.24) is 9.88 Å². The zero-order valence-corrected chi connectivity index (χ0v) is 10.2. The molecule has 1 saturated heterocycles. The van der Waals surface area contributed by atoms with Gasteiger partial charge in [-0.25, -0.2) is 4.98 Å². The maximum atomic E-state index is 10.6. The molecule has 4 rings (SSSR count). The summed E-state index contributed by atoms with van der Waals surface area (Å²) < 4.78 is 0. The van der Waals surface area contributed by atoms with E-state index in [0.29, 0.717) is 23.6 Å². The highest BCUT2D eigenvalue weighted by Crippen LogP contribution is 2.49. The van der Waals surface area contributed by atoms with E-state index in [-0.39, 0.29) is 6.42 Å². The van der Waals surface area contributed by atoms with E-state index in [1.54, 1.807) is 11.3 Å². The molecular weight excluding hydrogens is 238 g/mol. The van der Waals surface area contributed by atoms with Gasteiger partial charge in [-0.2, -0.15) is 0 Å². The van der Waals surface area contributed by atoms with Crippen molar-refractivity contribution in [3.63, 3.8) is 0 Å². The molecule has 3 N–H and O–H groups in total.